The molecule has 8 heteroatoms. The molecule has 1 aliphatic rings. The van der Waals surface area contributed by atoms with Gasteiger partial charge in [-0.15, -0.1) is 0 Å². The lowest BCUT2D eigenvalue weighted by Crippen LogP contribution is -2.36. The van der Waals surface area contributed by atoms with Gasteiger partial charge < -0.3 is 19.5 Å². The quantitative estimate of drug-likeness (QED) is 0.879. The molecule has 2 heterocycles. The number of carbonyl (C=O) groups is 1. The third-order valence-electron chi connectivity index (χ3n) is 4.08. The fourth-order valence-corrected chi connectivity index (χ4v) is 3.02. The number of nitrogens with zero attached hydrogens (tertiary/aromatic N) is 2. The lowest BCUT2D eigenvalue weighted by atomic mass is 10.1. The van der Waals surface area contributed by atoms with Gasteiger partial charge in [-0.25, -0.2) is 4.39 Å². The predicted octanol–water partition coefficient (Wildman–Crippen LogP) is 3.18. The first kappa shape index (κ1) is 17.7. The number of aromatic nitrogens is 1. The van der Waals surface area contributed by atoms with Crippen LogP contribution in [0, 0.1) is 12.7 Å². The fourth-order valence-electron chi connectivity index (χ4n) is 2.75. The molecule has 1 fully saturated rings. The van der Waals surface area contributed by atoms with Gasteiger partial charge in [0.25, 0.3) is 0 Å². The molecular weight excluding hydrogens is 349 g/mol. The molecule has 0 saturated carbocycles. The number of hydrogen-bond acceptors (Lipinski definition) is 5. The van der Waals surface area contributed by atoms with E-state index in [0.29, 0.717) is 49.7 Å². The zero-order chi connectivity index (χ0) is 17.8. The summed E-state index contributed by atoms with van der Waals surface area (Å²) >= 11 is 5.89. The van der Waals surface area contributed by atoms with E-state index < -0.39 is 5.82 Å². The molecule has 0 bridgehead atoms. The van der Waals surface area contributed by atoms with E-state index in [1.165, 1.54) is 12.1 Å². The molecule has 0 aliphatic carbocycles. The number of morpholine rings is 1. The van der Waals surface area contributed by atoms with Crippen LogP contribution in [-0.2, 0) is 16.0 Å². The smallest absolute Gasteiger partial charge is 0.229 e. The maximum absolute atomic E-state index is 13.9. The summed E-state index contributed by atoms with van der Waals surface area (Å²) in [5, 5.41) is 6.68. The molecule has 25 heavy (non-hydrogen) atoms. The van der Waals surface area contributed by atoms with Crippen LogP contribution in [0.5, 0.6) is 0 Å². The summed E-state index contributed by atoms with van der Waals surface area (Å²) in [5.74, 6) is -0.618. The minimum atomic E-state index is -0.391. The Morgan fingerprint density at radius 1 is 1.36 bits per heavy atom. The van der Waals surface area contributed by atoms with E-state index >= 15 is 0 Å². The Morgan fingerprint density at radius 2 is 2.12 bits per heavy atom. The summed E-state index contributed by atoms with van der Waals surface area (Å²) in [6.45, 7) is 4.38. The molecular formula is C17H19ClFN3O3. The molecule has 0 unspecified atom stereocenters. The molecule has 1 aromatic carbocycles. The van der Waals surface area contributed by atoms with Gasteiger partial charge in [-0.05, 0) is 43.1 Å². The number of halogens is 2. The van der Waals surface area contributed by atoms with Gasteiger partial charge in [0.15, 0.2) is 0 Å². The average molecular weight is 368 g/mol. The number of anilines is 2. The second-order valence-corrected chi connectivity index (χ2v) is 6.21. The summed E-state index contributed by atoms with van der Waals surface area (Å²) in [4.78, 5) is 14.2. The first-order valence-corrected chi connectivity index (χ1v) is 8.44. The van der Waals surface area contributed by atoms with Crippen LogP contribution in [0.25, 0.3) is 0 Å². The lowest BCUT2D eigenvalue weighted by Gasteiger charge is -2.29. The lowest BCUT2D eigenvalue weighted by molar-refractivity contribution is -0.116. The van der Waals surface area contributed by atoms with Crippen LogP contribution in [0.3, 0.4) is 0 Å². The second kappa shape index (κ2) is 7.84. The van der Waals surface area contributed by atoms with Crippen LogP contribution >= 0.6 is 11.6 Å². The molecule has 0 spiro atoms. The summed E-state index contributed by atoms with van der Waals surface area (Å²) in [6, 6.07) is 4.53. The summed E-state index contributed by atoms with van der Waals surface area (Å²) in [6.07, 6.45) is 0.608. The monoisotopic (exact) mass is 367 g/mol. The van der Waals surface area contributed by atoms with Gasteiger partial charge in [0, 0.05) is 36.4 Å². The van der Waals surface area contributed by atoms with E-state index in [1.54, 1.807) is 13.0 Å². The summed E-state index contributed by atoms with van der Waals surface area (Å²) in [5.41, 5.74) is 2.54. The molecule has 1 N–H and O–H groups in total. The van der Waals surface area contributed by atoms with E-state index in [-0.39, 0.29) is 17.5 Å². The van der Waals surface area contributed by atoms with Crippen molar-refractivity contribution in [2.24, 2.45) is 0 Å². The van der Waals surface area contributed by atoms with Crippen LogP contribution in [0.15, 0.2) is 22.7 Å². The Kier molecular flexibility index (Phi) is 5.55. The molecule has 6 nitrogen and oxygen atoms in total. The van der Waals surface area contributed by atoms with Gasteiger partial charge in [0.2, 0.25) is 11.1 Å². The molecule has 2 aromatic rings. The number of benzene rings is 1. The van der Waals surface area contributed by atoms with Crippen molar-refractivity contribution in [3.05, 3.63) is 40.5 Å². The predicted molar refractivity (Wildman–Crippen MR) is 92.6 cm³/mol. The molecule has 0 atom stereocenters. The van der Waals surface area contributed by atoms with Crippen molar-refractivity contribution in [1.82, 2.24) is 5.16 Å². The van der Waals surface area contributed by atoms with Crippen LogP contribution < -0.4 is 10.2 Å². The minimum Gasteiger partial charge on any atom is -0.378 e. The zero-order valence-corrected chi connectivity index (χ0v) is 14.6. The largest absolute Gasteiger partial charge is 0.378 e. The third-order valence-corrected chi connectivity index (χ3v) is 4.38. The van der Waals surface area contributed by atoms with Crippen molar-refractivity contribution in [2.75, 3.05) is 36.5 Å². The van der Waals surface area contributed by atoms with E-state index in [4.69, 9.17) is 20.9 Å². The highest BCUT2D eigenvalue weighted by Gasteiger charge is 2.15. The van der Waals surface area contributed by atoms with Crippen molar-refractivity contribution in [1.29, 1.82) is 0 Å². The SMILES string of the molecule is Cc1noc(Cl)c1CCC(=O)Nc1cc(F)cc(N2CCOCC2)c1. The van der Waals surface area contributed by atoms with E-state index in [1.807, 2.05) is 4.90 Å². The van der Waals surface area contributed by atoms with Crippen molar-refractivity contribution in [2.45, 2.75) is 19.8 Å². The third kappa shape index (κ3) is 4.49. The van der Waals surface area contributed by atoms with Gasteiger partial charge in [-0.2, -0.15) is 0 Å². The number of hydrogen-bond donors (Lipinski definition) is 1. The topological polar surface area (TPSA) is 67.6 Å². The summed E-state index contributed by atoms with van der Waals surface area (Å²) in [7, 11) is 0. The van der Waals surface area contributed by atoms with Gasteiger partial charge in [-0.1, -0.05) is 5.16 Å². The highest BCUT2D eigenvalue weighted by atomic mass is 35.5. The maximum atomic E-state index is 13.9. The van der Waals surface area contributed by atoms with Crippen LogP contribution in [0.2, 0.25) is 5.22 Å². The average Bonchev–Trinajstić information content (AvgIpc) is 2.91. The minimum absolute atomic E-state index is 0.200. The highest BCUT2D eigenvalue weighted by Crippen LogP contribution is 2.24. The number of aryl methyl sites for hydroxylation is 1. The Hall–Kier alpha value is -2.12. The highest BCUT2D eigenvalue weighted by molar-refractivity contribution is 6.29. The fraction of sp³-hybridized carbons (Fsp3) is 0.412. The Balaban J connectivity index is 1.63. The van der Waals surface area contributed by atoms with Crippen molar-refractivity contribution in [3.63, 3.8) is 0 Å². The Bertz CT molecular complexity index is 740. The zero-order valence-electron chi connectivity index (χ0n) is 13.8. The van der Waals surface area contributed by atoms with Crippen LogP contribution in [-0.4, -0.2) is 37.4 Å². The Morgan fingerprint density at radius 3 is 2.80 bits per heavy atom. The van der Waals surface area contributed by atoms with Crippen molar-refractivity contribution in [3.8, 4) is 0 Å². The molecule has 3 rings (SSSR count). The molecule has 1 aliphatic heterocycles. The number of carbonyl (C=O) groups excluding carboxylic acids is 1. The van der Waals surface area contributed by atoms with E-state index in [9.17, 15) is 9.18 Å². The van der Waals surface area contributed by atoms with Crippen molar-refractivity contribution >= 4 is 28.9 Å². The molecule has 1 amide bonds. The first-order chi connectivity index (χ1) is 12.0. The Labute approximate surface area is 149 Å². The number of nitrogens with one attached hydrogen (secondary N) is 1. The molecule has 0 radical (unpaired) electrons. The maximum Gasteiger partial charge on any atom is 0.229 e. The van der Waals surface area contributed by atoms with Crippen LogP contribution in [0.1, 0.15) is 17.7 Å². The molecule has 134 valence electrons. The van der Waals surface area contributed by atoms with Gasteiger partial charge in [0.05, 0.1) is 18.9 Å². The van der Waals surface area contributed by atoms with E-state index in [0.717, 1.165) is 5.69 Å². The van der Waals surface area contributed by atoms with Crippen molar-refractivity contribution < 1.29 is 18.4 Å². The first-order valence-electron chi connectivity index (χ1n) is 8.06. The number of amides is 1. The van der Waals surface area contributed by atoms with Crippen LogP contribution in [0.4, 0.5) is 15.8 Å². The molecule has 1 aromatic heterocycles. The summed E-state index contributed by atoms with van der Waals surface area (Å²) < 4.78 is 24.1. The second-order valence-electron chi connectivity index (χ2n) is 5.87. The number of rotatable bonds is 5. The normalized spacial score (nSPS) is 14.6. The van der Waals surface area contributed by atoms with Gasteiger partial charge >= 0.3 is 0 Å². The number of ether oxygens (including phenoxy) is 1. The van der Waals surface area contributed by atoms with Gasteiger partial charge in [0.1, 0.15) is 5.82 Å². The standard InChI is InChI=1S/C17H19ClFN3O3/c1-11-15(17(18)25-21-11)2-3-16(23)20-13-8-12(19)9-14(10-13)22-4-6-24-7-5-22/h8-10H,2-7H2,1H3,(H,20,23). The van der Waals surface area contributed by atoms with Gasteiger partial charge in [-0.3, -0.25) is 4.79 Å². The van der Waals surface area contributed by atoms with E-state index in [2.05, 4.69) is 10.5 Å². The molecule has 1 saturated heterocycles.